The lowest BCUT2D eigenvalue weighted by Crippen LogP contribution is -1.93. The van der Waals surface area contributed by atoms with Crippen molar-refractivity contribution in [3.63, 3.8) is 0 Å². The number of hydrogen-bond donors (Lipinski definition) is 2. The van der Waals surface area contributed by atoms with Crippen LogP contribution in [0, 0.1) is 0 Å². The van der Waals surface area contributed by atoms with E-state index in [0.29, 0.717) is 15.1 Å². The van der Waals surface area contributed by atoms with Crippen LogP contribution < -0.4 is 0 Å². The van der Waals surface area contributed by atoms with Crippen molar-refractivity contribution < 1.29 is 15.0 Å². The lowest BCUT2D eigenvalue weighted by molar-refractivity contribution is 0.0699. The number of rotatable bonds is 1. The summed E-state index contributed by atoms with van der Waals surface area (Å²) in [5.74, 6) is -1.11. The van der Waals surface area contributed by atoms with Gasteiger partial charge in [-0.3, -0.25) is 0 Å². The van der Waals surface area contributed by atoms with Crippen LogP contribution in [0.1, 0.15) is 10.4 Å². The van der Waals surface area contributed by atoms with Crippen LogP contribution in [0.15, 0.2) is 17.5 Å². The highest BCUT2D eigenvalue weighted by Crippen LogP contribution is 2.37. The average Bonchev–Trinajstić information content (AvgIpc) is 2.56. The van der Waals surface area contributed by atoms with Crippen molar-refractivity contribution in [2.45, 2.75) is 0 Å². The topological polar surface area (TPSA) is 57.5 Å². The fourth-order valence-corrected chi connectivity index (χ4v) is 2.51. The SMILES string of the molecule is O=C(O)c1csc2c(Cl)ccc(O)c12. The highest BCUT2D eigenvalue weighted by atomic mass is 35.5. The van der Waals surface area contributed by atoms with Gasteiger partial charge in [-0.1, -0.05) is 11.6 Å². The number of carboxylic acids is 1. The fraction of sp³-hybridized carbons (Fsp3) is 0. The third kappa shape index (κ3) is 1.23. The van der Waals surface area contributed by atoms with Gasteiger partial charge < -0.3 is 10.2 Å². The quantitative estimate of drug-likeness (QED) is 0.789. The van der Waals surface area contributed by atoms with Gasteiger partial charge in [0, 0.05) is 5.38 Å². The molecule has 3 nitrogen and oxygen atoms in total. The number of carbonyl (C=O) groups is 1. The lowest BCUT2D eigenvalue weighted by Gasteiger charge is -1.98. The highest BCUT2D eigenvalue weighted by Gasteiger charge is 2.15. The van der Waals surface area contributed by atoms with Crippen LogP contribution in [0.5, 0.6) is 5.75 Å². The summed E-state index contributed by atoms with van der Waals surface area (Å²) in [6.07, 6.45) is 0. The Morgan fingerprint density at radius 2 is 2.14 bits per heavy atom. The first-order chi connectivity index (χ1) is 6.61. The summed E-state index contributed by atoms with van der Waals surface area (Å²) in [7, 11) is 0. The second-order valence-corrected chi connectivity index (χ2v) is 4.01. The van der Waals surface area contributed by atoms with E-state index in [9.17, 15) is 9.90 Å². The van der Waals surface area contributed by atoms with Crippen LogP contribution in [0.25, 0.3) is 10.1 Å². The molecule has 0 bridgehead atoms. The first-order valence-electron chi connectivity index (χ1n) is 3.73. The van der Waals surface area contributed by atoms with Gasteiger partial charge in [-0.15, -0.1) is 11.3 Å². The summed E-state index contributed by atoms with van der Waals surface area (Å²) in [6, 6.07) is 2.94. The molecule has 1 aromatic heterocycles. The molecule has 1 aromatic carbocycles. The summed E-state index contributed by atoms with van der Waals surface area (Å²) in [5.41, 5.74) is 0.0880. The van der Waals surface area contributed by atoms with Crippen molar-refractivity contribution in [3.8, 4) is 5.75 Å². The van der Waals surface area contributed by atoms with E-state index in [2.05, 4.69) is 0 Å². The second-order valence-electron chi connectivity index (χ2n) is 2.73. The van der Waals surface area contributed by atoms with Crippen molar-refractivity contribution in [1.82, 2.24) is 0 Å². The monoisotopic (exact) mass is 228 g/mol. The van der Waals surface area contributed by atoms with Crippen LogP contribution in [0.2, 0.25) is 5.02 Å². The first kappa shape index (κ1) is 9.30. The highest BCUT2D eigenvalue weighted by molar-refractivity contribution is 7.18. The molecular formula is C9H5ClO3S. The molecule has 0 fully saturated rings. The Morgan fingerprint density at radius 3 is 2.79 bits per heavy atom. The zero-order valence-corrected chi connectivity index (χ0v) is 8.39. The number of halogens is 1. The van der Waals surface area contributed by atoms with Gasteiger partial charge in [0.15, 0.2) is 0 Å². The molecule has 72 valence electrons. The summed E-state index contributed by atoms with van der Waals surface area (Å²) in [6.45, 7) is 0. The smallest absolute Gasteiger partial charge is 0.337 e. The minimum Gasteiger partial charge on any atom is -0.507 e. The Hall–Kier alpha value is -1.26. The first-order valence-corrected chi connectivity index (χ1v) is 4.99. The maximum Gasteiger partial charge on any atom is 0.337 e. The third-order valence-electron chi connectivity index (χ3n) is 1.88. The predicted molar refractivity (Wildman–Crippen MR) is 55.5 cm³/mol. The Kier molecular flexibility index (Phi) is 2.09. The van der Waals surface area contributed by atoms with Crippen LogP contribution >= 0.6 is 22.9 Å². The molecule has 2 N–H and O–H groups in total. The molecular weight excluding hydrogens is 224 g/mol. The van der Waals surface area contributed by atoms with Gasteiger partial charge in [0.2, 0.25) is 0 Å². The Morgan fingerprint density at radius 1 is 1.43 bits per heavy atom. The van der Waals surface area contributed by atoms with E-state index in [1.165, 1.54) is 22.8 Å². The van der Waals surface area contributed by atoms with Gasteiger partial charge in [-0.05, 0) is 12.1 Å². The number of carboxylic acid groups (broad SMARTS) is 1. The van der Waals surface area contributed by atoms with Crippen LogP contribution in [-0.2, 0) is 0 Å². The van der Waals surface area contributed by atoms with E-state index < -0.39 is 5.97 Å². The molecule has 0 atom stereocenters. The van der Waals surface area contributed by atoms with Crippen LogP contribution in [0.4, 0.5) is 0 Å². The Bertz CT molecular complexity index is 518. The van der Waals surface area contributed by atoms with E-state index in [0.717, 1.165) is 0 Å². The van der Waals surface area contributed by atoms with Crippen molar-refractivity contribution >= 4 is 39.0 Å². The third-order valence-corrected chi connectivity index (χ3v) is 3.32. The molecule has 2 aromatic rings. The molecule has 0 amide bonds. The molecule has 0 saturated carbocycles. The maximum atomic E-state index is 10.8. The van der Waals surface area contributed by atoms with Gasteiger partial charge in [0.05, 0.1) is 20.7 Å². The molecule has 0 aliphatic heterocycles. The number of phenols is 1. The number of fused-ring (bicyclic) bond motifs is 1. The van der Waals surface area contributed by atoms with Crippen molar-refractivity contribution in [2.24, 2.45) is 0 Å². The number of thiophene rings is 1. The molecule has 0 saturated heterocycles. The molecule has 0 radical (unpaired) electrons. The molecule has 0 aliphatic carbocycles. The molecule has 0 unspecified atom stereocenters. The standard InChI is InChI=1S/C9H5ClO3S/c10-5-1-2-6(11)7-4(9(12)13)3-14-8(5)7/h1-3,11H,(H,12,13). The van der Waals surface area contributed by atoms with Gasteiger partial charge in [-0.2, -0.15) is 0 Å². The fourth-order valence-electron chi connectivity index (χ4n) is 1.26. The number of benzene rings is 1. The molecule has 0 aliphatic rings. The summed E-state index contributed by atoms with van der Waals surface area (Å²) in [5, 5.41) is 20.6. The van der Waals surface area contributed by atoms with E-state index in [-0.39, 0.29) is 11.3 Å². The molecule has 5 heteroatoms. The molecule has 2 rings (SSSR count). The minimum absolute atomic E-state index is 0.0527. The minimum atomic E-state index is -1.06. The second kappa shape index (κ2) is 3.15. The van der Waals surface area contributed by atoms with Crippen LogP contribution in [0.3, 0.4) is 0 Å². The summed E-state index contributed by atoms with van der Waals surface area (Å²) < 4.78 is 0.601. The summed E-state index contributed by atoms with van der Waals surface area (Å²) in [4.78, 5) is 10.8. The van der Waals surface area contributed by atoms with Gasteiger partial charge in [-0.25, -0.2) is 4.79 Å². The number of phenolic OH excluding ortho intramolecular Hbond substituents is 1. The molecule has 14 heavy (non-hydrogen) atoms. The van der Waals surface area contributed by atoms with Crippen LogP contribution in [-0.4, -0.2) is 16.2 Å². The van der Waals surface area contributed by atoms with E-state index in [1.54, 1.807) is 6.07 Å². The van der Waals surface area contributed by atoms with Gasteiger partial charge in [0.25, 0.3) is 0 Å². The van der Waals surface area contributed by atoms with E-state index in [1.807, 2.05) is 0 Å². The van der Waals surface area contributed by atoms with E-state index in [4.69, 9.17) is 16.7 Å². The average molecular weight is 229 g/mol. The zero-order chi connectivity index (χ0) is 10.3. The summed E-state index contributed by atoms with van der Waals surface area (Å²) >= 11 is 7.06. The van der Waals surface area contributed by atoms with Gasteiger partial charge in [0.1, 0.15) is 5.75 Å². The normalized spacial score (nSPS) is 10.6. The predicted octanol–water partition coefficient (Wildman–Crippen LogP) is 2.96. The Balaban J connectivity index is 2.90. The van der Waals surface area contributed by atoms with E-state index >= 15 is 0 Å². The number of aromatic carboxylic acids is 1. The van der Waals surface area contributed by atoms with Crippen molar-refractivity contribution in [3.05, 3.63) is 28.1 Å². The van der Waals surface area contributed by atoms with Crippen molar-refractivity contribution in [1.29, 1.82) is 0 Å². The van der Waals surface area contributed by atoms with Crippen molar-refractivity contribution in [2.75, 3.05) is 0 Å². The lowest BCUT2D eigenvalue weighted by atomic mass is 10.1. The zero-order valence-electron chi connectivity index (χ0n) is 6.82. The molecule has 1 heterocycles. The number of aromatic hydroxyl groups is 1. The maximum absolute atomic E-state index is 10.8. The Labute approximate surface area is 88.2 Å². The molecule has 0 spiro atoms. The largest absolute Gasteiger partial charge is 0.507 e. The number of hydrogen-bond acceptors (Lipinski definition) is 3. The van der Waals surface area contributed by atoms with Gasteiger partial charge >= 0.3 is 5.97 Å².